The fraction of sp³-hybridized carbons (Fsp3) is 0.364. The van der Waals surface area contributed by atoms with Gasteiger partial charge in [0.2, 0.25) is 5.91 Å². The van der Waals surface area contributed by atoms with E-state index in [0.717, 1.165) is 19.6 Å². The summed E-state index contributed by atoms with van der Waals surface area (Å²) in [6, 6.07) is 10.3. The van der Waals surface area contributed by atoms with Crippen LogP contribution in [0.2, 0.25) is 5.02 Å². The molecule has 2 heterocycles. The largest absolute Gasteiger partial charge is 0.379 e. The number of aromatic nitrogens is 1. The number of hydrogen-bond donors (Lipinski definition) is 0. The van der Waals surface area contributed by atoms with Crippen LogP contribution in [0.25, 0.3) is 10.2 Å². The van der Waals surface area contributed by atoms with E-state index in [-0.39, 0.29) is 22.1 Å². The van der Waals surface area contributed by atoms with E-state index in [9.17, 15) is 17.6 Å². The molecule has 0 bridgehead atoms. The van der Waals surface area contributed by atoms with Crippen molar-refractivity contribution in [3.05, 3.63) is 53.3 Å². The summed E-state index contributed by atoms with van der Waals surface area (Å²) in [5.41, 5.74) is 0.170. The molecular formula is C22H23ClFN3O4S2. The predicted molar refractivity (Wildman–Crippen MR) is 127 cm³/mol. The third-order valence-electron chi connectivity index (χ3n) is 5.34. The lowest BCUT2D eigenvalue weighted by Gasteiger charge is -2.27. The summed E-state index contributed by atoms with van der Waals surface area (Å²) in [4.78, 5) is 21.1. The van der Waals surface area contributed by atoms with Crippen molar-refractivity contribution in [3.63, 3.8) is 0 Å². The summed E-state index contributed by atoms with van der Waals surface area (Å²) < 4.78 is 45.8. The number of benzene rings is 2. The number of ether oxygens (including phenoxy) is 1. The molecule has 1 aliphatic heterocycles. The Labute approximate surface area is 200 Å². The molecule has 1 aromatic heterocycles. The van der Waals surface area contributed by atoms with Crippen LogP contribution in [-0.4, -0.2) is 69.4 Å². The second kappa shape index (κ2) is 10.4. The maximum absolute atomic E-state index is 14.2. The van der Waals surface area contributed by atoms with Gasteiger partial charge in [-0.25, -0.2) is 17.8 Å². The SMILES string of the molecule is O=C(CS(=O)(=O)c1ccc(Cl)cc1)N(CCCN1CCOCC1)c1nc2c(F)cccc2s1. The zero-order valence-corrected chi connectivity index (χ0v) is 20.1. The molecule has 33 heavy (non-hydrogen) atoms. The molecule has 11 heteroatoms. The van der Waals surface area contributed by atoms with Gasteiger partial charge in [0.05, 0.1) is 22.8 Å². The highest BCUT2D eigenvalue weighted by Crippen LogP contribution is 2.31. The number of hydrogen-bond acceptors (Lipinski definition) is 7. The van der Waals surface area contributed by atoms with Crippen LogP contribution < -0.4 is 4.90 Å². The number of anilines is 1. The smallest absolute Gasteiger partial charge is 0.244 e. The van der Waals surface area contributed by atoms with Gasteiger partial charge in [-0.2, -0.15) is 0 Å². The van der Waals surface area contributed by atoms with Crippen LogP contribution in [0.3, 0.4) is 0 Å². The van der Waals surface area contributed by atoms with E-state index in [1.807, 2.05) is 0 Å². The number of carbonyl (C=O) groups excluding carboxylic acids is 1. The molecule has 3 aromatic rings. The molecule has 176 valence electrons. The third-order valence-corrected chi connectivity index (χ3v) is 8.25. The van der Waals surface area contributed by atoms with E-state index in [1.165, 1.54) is 46.6 Å². The first-order valence-electron chi connectivity index (χ1n) is 10.5. The highest BCUT2D eigenvalue weighted by Gasteiger charge is 2.27. The first-order chi connectivity index (χ1) is 15.8. The predicted octanol–water partition coefficient (Wildman–Crippen LogP) is 3.62. The topological polar surface area (TPSA) is 79.8 Å². The lowest BCUT2D eigenvalue weighted by molar-refractivity contribution is -0.116. The van der Waals surface area contributed by atoms with Crippen molar-refractivity contribution >= 4 is 54.0 Å². The van der Waals surface area contributed by atoms with E-state index in [4.69, 9.17) is 16.3 Å². The summed E-state index contributed by atoms with van der Waals surface area (Å²) in [7, 11) is -3.89. The number of fused-ring (bicyclic) bond motifs is 1. The van der Waals surface area contributed by atoms with Gasteiger partial charge in [-0.1, -0.05) is 29.0 Å². The van der Waals surface area contributed by atoms with Crippen LogP contribution in [0.5, 0.6) is 0 Å². The zero-order valence-electron chi connectivity index (χ0n) is 17.7. The van der Waals surface area contributed by atoms with Crippen LogP contribution in [0, 0.1) is 5.82 Å². The molecule has 0 N–H and O–H groups in total. The molecule has 0 unspecified atom stereocenters. The van der Waals surface area contributed by atoms with E-state index in [2.05, 4.69) is 9.88 Å². The number of morpholine rings is 1. The number of amides is 1. The van der Waals surface area contributed by atoms with Crippen molar-refractivity contribution in [2.24, 2.45) is 0 Å². The van der Waals surface area contributed by atoms with Gasteiger partial charge in [-0.15, -0.1) is 0 Å². The normalized spacial score (nSPS) is 15.1. The van der Waals surface area contributed by atoms with Crippen molar-refractivity contribution in [2.45, 2.75) is 11.3 Å². The van der Waals surface area contributed by atoms with Crippen LogP contribution in [0.15, 0.2) is 47.4 Å². The van der Waals surface area contributed by atoms with Crippen LogP contribution in [0.4, 0.5) is 9.52 Å². The molecule has 0 spiro atoms. The van der Waals surface area contributed by atoms with Crippen LogP contribution in [0.1, 0.15) is 6.42 Å². The molecule has 4 rings (SSSR count). The van der Waals surface area contributed by atoms with Gasteiger partial charge in [0.15, 0.2) is 15.0 Å². The maximum atomic E-state index is 14.2. The molecule has 1 amide bonds. The van der Waals surface area contributed by atoms with E-state index in [0.29, 0.717) is 29.4 Å². The molecule has 2 aromatic carbocycles. The summed E-state index contributed by atoms with van der Waals surface area (Å²) >= 11 is 7.02. The Morgan fingerprint density at radius 2 is 1.91 bits per heavy atom. The Bertz CT molecular complexity index is 1230. The van der Waals surface area contributed by atoms with Crippen molar-refractivity contribution < 1.29 is 22.3 Å². The van der Waals surface area contributed by atoms with E-state index >= 15 is 0 Å². The number of carbonyl (C=O) groups is 1. The third kappa shape index (κ3) is 5.88. The standard InChI is InChI=1S/C22H23ClFN3O4S2/c23-16-5-7-17(8-6-16)33(29,30)15-20(28)27(10-2-9-26-11-13-31-14-12-26)22-25-21-18(24)3-1-4-19(21)32-22/h1,3-8H,2,9-15H2. The fourth-order valence-electron chi connectivity index (χ4n) is 3.59. The van der Waals surface area contributed by atoms with Crippen LogP contribution >= 0.6 is 22.9 Å². The fourth-order valence-corrected chi connectivity index (χ4v) is 5.94. The van der Waals surface area contributed by atoms with Crippen molar-refractivity contribution in [3.8, 4) is 0 Å². The van der Waals surface area contributed by atoms with Gasteiger partial charge >= 0.3 is 0 Å². The number of sulfone groups is 1. The molecular weight excluding hydrogens is 489 g/mol. The van der Waals surface area contributed by atoms with Gasteiger partial charge < -0.3 is 4.74 Å². The Hall–Kier alpha value is -2.11. The van der Waals surface area contributed by atoms with Gasteiger partial charge in [-0.05, 0) is 42.8 Å². The number of para-hydroxylation sites is 1. The first kappa shape index (κ1) is 24.0. The quantitative estimate of drug-likeness (QED) is 0.459. The number of rotatable bonds is 8. The monoisotopic (exact) mass is 511 g/mol. The van der Waals surface area contributed by atoms with E-state index < -0.39 is 27.3 Å². The van der Waals surface area contributed by atoms with Gasteiger partial charge in [0.25, 0.3) is 0 Å². The van der Waals surface area contributed by atoms with Crippen molar-refractivity contribution in [1.82, 2.24) is 9.88 Å². The van der Waals surface area contributed by atoms with E-state index in [1.54, 1.807) is 12.1 Å². The Morgan fingerprint density at radius 3 is 2.61 bits per heavy atom. The summed E-state index contributed by atoms with van der Waals surface area (Å²) in [6.45, 7) is 3.96. The number of nitrogens with zero attached hydrogens (tertiary/aromatic N) is 3. The maximum Gasteiger partial charge on any atom is 0.244 e. The highest BCUT2D eigenvalue weighted by molar-refractivity contribution is 7.92. The van der Waals surface area contributed by atoms with Gasteiger partial charge in [0, 0.05) is 31.2 Å². The molecule has 1 fully saturated rings. The summed E-state index contributed by atoms with van der Waals surface area (Å²) in [5, 5.41) is 0.690. The van der Waals surface area contributed by atoms with Gasteiger partial charge in [0.1, 0.15) is 17.1 Å². The molecule has 0 atom stereocenters. The second-order valence-corrected chi connectivity index (χ2v) is 11.1. The van der Waals surface area contributed by atoms with Crippen molar-refractivity contribution in [2.75, 3.05) is 50.0 Å². The molecule has 0 aliphatic carbocycles. The minimum Gasteiger partial charge on any atom is -0.379 e. The second-order valence-electron chi connectivity index (χ2n) is 7.65. The number of halogens is 2. The molecule has 7 nitrogen and oxygen atoms in total. The Morgan fingerprint density at radius 1 is 1.18 bits per heavy atom. The first-order valence-corrected chi connectivity index (χ1v) is 13.3. The average molecular weight is 512 g/mol. The Balaban J connectivity index is 1.55. The lowest BCUT2D eigenvalue weighted by atomic mass is 10.3. The minimum absolute atomic E-state index is 0.0175. The lowest BCUT2D eigenvalue weighted by Crippen LogP contribution is -2.40. The Kier molecular flexibility index (Phi) is 7.60. The summed E-state index contributed by atoms with van der Waals surface area (Å²) in [5.74, 6) is -1.80. The van der Waals surface area contributed by atoms with Crippen LogP contribution in [-0.2, 0) is 19.4 Å². The van der Waals surface area contributed by atoms with Crippen molar-refractivity contribution in [1.29, 1.82) is 0 Å². The molecule has 1 aliphatic rings. The average Bonchev–Trinajstić information content (AvgIpc) is 3.22. The summed E-state index contributed by atoms with van der Waals surface area (Å²) in [6.07, 6.45) is 0.616. The number of thiazole rings is 1. The minimum atomic E-state index is -3.89. The molecule has 1 saturated heterocycles. The zero-order chi connectivity index (χ0) is 23.4. The molecule has 0 radical (unpaired) electrons. The highest BCUT2D eigenvalue weighted by atomic mass is 35.5. The van der Waals surface area contributed by atoms with Gasteiger partial charge in [-0.3, -0.25) is 14.6 Å². The molecule has 0 saturated carbocycles.